The molecule has 0 aliphatic heterocycles. The maximum absolute atomic E-state index is 11.8. The second-order valence-corrected chi connectivity index (χ2v) is 5.36. The van der Waals surface area contributed by atoms with Gasteiger partial charge in [-0.2, -0.15) is 0 Å². The third-order valence-corrected chi connectivity index (χ3v) is 3.39. The van der Waals surface area contributed by atoms with Crippen molar-refractivity contribution in [1.29, 1.82) is 0 Å². The normalized spacial score (nSPS) is 10.3. The summed E-state index contributed by atoms with van der Waals surface area (Å²) in [5, 5.41) is 6.11. The van der Waals surface area contributed by atoms with Gasteiger partial charge in [0.1, 0.15) is 0 Å². The Kier molecular flexibility index (Phi) is 6.77. The van der Waals surface area contributed by atoms with E-state index in [4.69, 9.17) is 0 Å². The number of benzene rings is 1. The Balaban J connectivity index is 2.42. The Bertz CT molecular complexity index is 383. The first-order valence-electron chi connectivity index (χ1n) is 5.59. The molecule has 5 heteroatoms. The minimum atomic E-state index is -0.0409. The van der Waals surface area contributed by atoms with E-state index < -0.39 is 0 Å². The zero-order valence-corrected chi connectivity index (χ0v) is 12.9. The highest BCUT2D eigenvalue weighted by atomic mass is 79.9. The van der Waals surface area contributed by atoms with Crippen LogP contribution >= 0.6 is 31.9 Å². The zero-order chi connectivity index (χ0) is 12.7. The number of carbonyl (C=O) groups excluding carboxylic acids is 1. The monoisotopic (exact) mass is 362 g/mol. The SMILES string of the molecule is CCNCCCNC(=O)c1ccc(Br)cc1Br. The van der Waals surface area contributed by atoms with Gasteiger partial charge in [0, 0.05) is 15.5 Å². The summed E-state index contributed by atoms with van der Waals surface area (Å²) < 4.78 is 1.75. The standard InChI is InChI=1S/C12H16Br2N2O/c1-2-15-6-3-7-16-12(17)10-5-4-9(13)8-11(10)14/h4-5,8,15H,2-3,6-7H2,1H3,(H,16,17). The lowest BCUT2D eigenvalue weighted by Crippen LogP contribution is -2.27. The van der Waals surface area contributed by atoms with Gasteiger partial charge in [-0.1, -0.05) is 22.9 Å². The van der Waals surface area contributed by atoms with E-state index in [-0.39, 0.29) is 5.91 Å². The summed E-state index contributed by atoms with van der Waals surface area (Å²) in [6, 6.07) is 5.53. The van der Waals surface area contributed by atoms with Gasteiger partial charge in [0.2, 0.25) is 0 Å². The van der Waals surface area contributed by atoms with Gasteiger partial charge >= 0.3 is 0 Å². The molecule has 1 aromatic carbocycles. The van der Waals surface area contributed by atoms with E-state index in [0.29, 0.717) is 12.1 Å². The van der Waals surface area contributed by atoms with Gasteiger partial charge in [-0.05, 0) is 53.6 Å². The molecule has 0 fully saturated rings. The Morgan fingerprint density at radius 2 is 2.06 bits per heavy atom. The van der Waals surface area contributed by atoms with Crippen LogP contribution in [-0.2, 0) is 0 Å². The average molecular weight is 364 g/mol. The van der Waals surface area contributed by atoms with Crippen molar-refractivity contribution < 1.29 is 4.79 Å². The maximum atomic E-state index is 11.8. The number of hydrogen-bond acceptors (Lipinski definition) is 2. The van der Waals surface area contributed by atoms with Crippen molar-refractivity contribution in [2.45, 2.75) is 13.3 Å². The minimum absolute atomic E-state index is 0.0409. The molecule has 0 atom stereocenters. The largest absolute Gasteiger partial charge is 0.352 e. The second-order valence-electron chi connectivity index (χ2n) is 3.59. The Morgan fingerprint density at radius 1 is 1.29 bits per heavy atom. The van der Waals surface area contributed by atoms with E-state index in [9.17, 15) is 4.79 Å². The number of halogens is 2. The van der Waals surface area contributed by atoms with Crippen LogP contribution in [0.25, 0.3) is 0 Å². The smallest absolute Gasteiger partial charge is 0.252 e. The highest BCUT2D eigenvalue weighted by molar-refractivity contribution is 9.11. The van der Waals surface area contributed by atoms with E-state index in [1.807, 2.05) is 12.1 Å². The van der Waals surface area contributed by atoms with Crippen LogP contribution in [0.4, 0.5) is 0 Å². The van der Waals surface area contributed by atoms with Crippen molar-refractivity contribution in [2.75, 3.05) is 19.6 Å². The van der Waals surface area contributed by atoms with Gasteiger partial charge < -0.3 is 10.6 Å². The van der Waals surface area contributed by atoms with E-state index in [1.165, 1.54) is 0 Å². The molecule has 2 N–H and O–H groups in total. The van der Waals surface area contributed by atoms with Crippen molar-refractivity contribution in [3.8, 4) is 0 Å². The summed E-state index contributed by atoms with van der Waals surface area (Å²) in [7, 11) is 0. The van der Waals surface area contributed by atoms with E-state index in [0.717, 1.165) is 28.5 Å². The highest BCUT2D eigenvalue weighted by Gasteiger charge is 2.09. The minimum Gasteiger partial charge on any atom is -0.352 e. The Hall–Kier alpha value is -0.390. The summed E-state index contributed by atoms with van der Waals surface area (Å²) in [5.41, 5.74) is 0.664. The van der Waals surface area contributed by atoms with Crippen LogP contribution in [-0.4, -0.2) is 25.5 Å². The lowest BCUT2D eigenvalue weighted by Gasteiger charge is -2.07. The second kappa shape index (κ2) is 7.84. The summed E-state index contributed by atoms with van der Waals surface area (Å²) in [6.45, 7) is 4.65. The van der Waals surface area contributed by atoms with Crippen LogP contribution in [0.3, 0.4) is 0 Å². The number of hydrogen-bond donors (Lipinski definition) is 2. The van der Waals surface area contributed by atoms with Gasteiger partial charge in [0.25, 0.3) is 5.91 Å². The van der Waals surface area contributed by atoms with Crippen LogP contribution in [0.5, 0.6) is 0 Å². The Morgan fingerprint density at radius 3 is 2.71 bits per heavy atom. The Labute approximate surface area is 119 Å². The summed E-state index contributed by atoms with van der Waals surface area (Å²) in [6.07, 6.45) is 0.938. The van der Waals surface area contributed by atoms with Gasteiger partial charge in [0.15, 0.2) is 0 Å². The summed E-state index contributed by atoms with van der Waals surface area (Å²) in [4.78, 5) is 11.8. The molecule has 1 aromatic rings. The van der Waals surface area contributed by atoms with Crippen molar-refractivity contribution >= 4 is 37.8 Å². The molecule has 0 unspecified atom stereocenters. The van der Waals surface area contributed by atoms with Gasteiger partial charge in [-0.25, -0.2) is 0 Å². The highest BCUT2D eigenvalue weighted by Crippen LogP contribution is 2.21. The van der Waals surface area contributed by atoms with Crippen molar-refractivity contribution in [3.63, 3.8) is 0 Å². The molecule has 0 spiro atoms. The van der Waals surface area contributed by atoms with Gasteiger partial charge in [-0.3, -0.25) is 4.79 Å². The summed E-state index contributed by atoms with van der Waals surface area (Å²) >= 11 is 6.73. The van der Waals surface area contributed by atoms with Crippen molar-refractivity contribution in [3.05, 3.63) is 32.7 Å². The number of rotatable bonds is 6. The first kappa shape index (κ1) is 14.7. The van der Waals surface area contributed by atoms with E-state index in [1.54, 1.807) is 6.07 Å². The molecule has 0 bridgehead atoms. The molecule has 0 aliphatic rings. The molecule has 0 saturated heterocycles. The molecule has 0 aromatic heterocycles. The van der Waals surface area contributed by atoms with Crippen LogP contribution in [0.2, 0.25) is 0 Å². The van der Waals surface area contributed by atoms with Crippen LogP contribution < -0.4 is 10.6 Å². The first-order chi connectivity index (χ1) is 8.15. The molecule has 3 nitrogen and oxygen atoms in total. The fourth-order valence-electron chi connectivity index (χ4n) is 1.36. The lowest BCUT2D eigenvalue weighted by molar-refractivity contribution is 0.0952. The molecule has 1 amide bonds. The average Bonchev–Trinajstić information content (AvgIpc) is 2.28. The predicted molar refractivity (Wildman–Crippen MR) is 77.3 cm³/mol. The zero-order valence-electron chi connectivity index (χ0n) is 9.72. The van der Waals surface area contributed by atoms with Gasteiger partial charge in [-0.15, -0.1) is 0 Å². The molecule has 17 heavy (non-hydrogen) atoms. The third-order valence-electron chi connectivity index (χ3n) is 2.24. The maximum Gasteiger partial charge on any atom is 0.252 e. The number of carbonyl (C=O) groups is 1. The van der Waals surface area contributed by atoms with Crippen LogP contribution in [0.1, 0.15) is 23.7 Å². The van der Waals surface area contributed by atoms with Gasteiger partial charge in [0.05, 0.1) is 5.56 Å². The topological polar surface area (TPSA) is 41.1 Å². The van der Waals surface area contributed by atoms with E-state index >= 15 is 0 Å². The van der Waals surface area contributed by atoms with Crippen molar-refractivity contribution in [1.82, 2.24) is 10.6 Å². The number of nitrogens with one attached hydrogen (secondary N) is 2. The lowest BCUT2D eigenvalue weighted by atomic mass is 10.2. The fraction of sp³-hybridized carbons (Fsp3) is 0.417. The molecule has 1 rings (SSSR count). The molecular formula is C12H16Br2N2O. The molecule has 0 radical (unpaired) electrons. The first-order valence-corrected chi connectivity index (χ1v) is 7.17. The fourth-order valence-corrected chi connectivity index (χ4v) is 2.59. The molecule has 94 valence electrons. The van der Waals surface area contributed by atoms with E-state index in [2.05, 4.69) is 49.4 Å². The predicted octanol–water partition coefficient (Wildman–Crippen LogP) is 2.94. The molecule has 0 aliphatic carbocycles. The molecular weight excluding hydrogens is 348 g/mol. The molecule has 0 heterocycles. The quantitative estimate of drug-likeness (QED) is 0.763. The molecule has 0 saturated carbocycles. The third kappa shape index (κ3) is 5.19. The van der Waals surface area contributed by atoms with Crippen molar-refractivity contribution in [2.24, 2.45) is 0 Å². The summed E-state index contributed by atoms with van der Waals surface area (Å²) in [5.74, 6) is -0.0409. The number of amides is 1. The van der Waals surface area contributed by atoms with Crippen LogP contribution in [0, 0.1) is 0 Å². The van der Waals surface area contributed by atoms with Crippen LogP contribution in [0.15, 0.2) is 27.1 Å².